The van der Waals surface area contributed by atoms with E-state index < -0.39 is 4.87 Å². The third-order valence-corrected chi connectivity index (χ3v) is 6.43. The number of hydrazone groups is 1. The van der Waals surface area contributed by atoms with E-state index in [-0.39, 0.29) is 22.9 Å². The molecule has 156 valence electrons. The highest BCUT2D eigenvalue weighted by atomic mass is 32.2. The Morgan fingerprint density at radius 3 is 2.52 bits per heavy atom. The maximum atomic E-state index is 13.7. The third kappa shape index (κ3) is 3.64. The third-order valence-electron chi connectivity index (χ3n) is 5.19. The van der Waals surface area contributed by atoms with Crippen LogP contribution in [0.25, 0.3) is 0 Å². The van der Waals surface area contributed by atoms with E-state index in [1.54, 1.807) is 4.90 Å². The van der Waals surface area contributed by atoms with Crippen molar-refractivity contribution in [1.29, 1.82) is 0 Å². The lowest BCUT2D eigenvalue weighted by Crippen LogP contribution is -2.49. The molecule has 0 fully saturated rings. The number of amides is 3. The molecule has 1 atom stereocenters. The predicted molar refractivity (Wildman–Crippen MR) is 114 cm³/mol. The van der Waals surface area contributed by atoms with Crippen molar-refractivity contribution in [2.75, 3.05) is 31.1 Å². The summed E-state index contributed by atoms with van der Waals surface area (Å²) in [6.45, 7) is 11.9. The fourth-order valence-corrected chi connectivity index (χ4v) is 5.05. The smallest absolute Gasteiger partial charge is 0.270 e. The molecule has 0 aliphatic carbocycles. The SMILES string of the molecule is CCN(CC)CCN1C(=O)[C@@]2(SC(NC(C)=O)=NN2C(C)=O)c2cc(C)ccc21. The minimum atomic E-state index is -1.33. The first-order chi connectivity index (χ1) is 13.7. The van der Waals surface area contributed by atoms with E-state index in [1.165, 1.54) is 18.9 Å². The Morgan fingerprint density at radius 1 is 1.24 bits per heavy atom. The molecule has 0 saturated carbocycles. The number of benzene rings is 1. The highest BCUT2D eigenvalue weighted by Crippen LogP contribution is 2.54. The Bertz CT molecular complexity index is 883. The monoisotopic (exact) mass is 417 g/mol. The average Bonchev–Trinajstić information content (AvgIpc) is 3.14. The van der Waals surface area contributed by atoms with Crippen LogP contribution in [0.15, 0.2) is 23.3 Å². The molecule has 1 aromatic carbocycles. The number of aryl methyl sites for hydroxylation is 1. The zero-order valence-corrected chi connectivity index (χ0v) is 18.3. The van der Waals surface area contributed by atoms with E-state index in [9.17, 15) is 14.4 Å². The van der Waals surface area contributed by atoms with Crippen molar-refractivity contribution in [2.24, 2.45) is 5.10 Å². The van der Waals surface area contributed by atoms with Gasteiger partial charge in [-0.2, -0.15) is 5.01 Å². The summed E-state index contributed by atoms with van der Waals surface area (Å²) in [6, 6.07) is 5.82. The van der Waals surface area contributed by atoms with Crippen LogP contribution in [0.1, 0.15) is 38.8 Å². The van der Waals surface area contributed by atoms with Crippen molar-refractivity contribution >= 4 is 40.3 Å². The van der Waals surface area contributed by atoms with Crippen LogP contribution in [0.5, 0.6) is 0 Å². The molecule has 1 spiro atoms. The summed E-state index contributed by atoms with van der Waals surface area (Å²) < 4.78 is 0. The van der Waals surface area contributed by atoms with E-state index in [4.69, 9.17) is 0 Å². The summed E-state index contributed by atoms with van der Waals surface area (Å²) in [7, 11) is 0. The Kier molecular flexibility index (Phi) is 6.00. The molecule has 0 bridgehead atoms. The minimum absolute atomic E-state index is 0.213. The number of hydrogen-bond acceptors (Lipinski definition) is 6. The van der Waals surface area contributed by atoms with Crippen molar-refractivity contribution in [3.05, 3.63) is 29.3 Å². The molecular formula is C20H27N5O3S. The van der Waals surface area contributed by atoms with Gasteiger partial charge in [0.05, 0.1) is 5.69 Å². The molecule has 29 heavy (non-hydrogen) atoms. The van der Waals surface area contributed by atoms with Crippen molar-refractivity contribution in [2.45, 2.75) is 39.5 Å². The molecule has 3 rings (SSSR count). The number of anilines is 1. The molecule has 3 amide bonds. The second-order valence-electron chi connectivity index (χ2n) is 7.17. The summed E-state index contributed by atoms with van der Waals surface area (Å²) in [5.41, 5.74) is 2.50. The molecule has 1 aromatic rings. The van der Waals surface area contributed by atoms with Crippen molar-refractivity contribution in [3.8, 4) is 0 Å². The van der Waals surface area contributed by atoms with Crippen LogP contribution in [0.2, 0.25) is 0 Å². The minimum Gasteiger partial charge on any atom is -0.308 e. The molecular weight excluding hydrogens is 390 g/mol. The fraction of sp³-hybridized carbons (Fsp3) is 0.500. The van der Waals surface area contributed by atoms with Gasteiger partial charge in [-0.3, -0.25) is 14.4 Å². The first-order valence-electron chi connectivity index (χ1n) is 9.76. The normalized spacial score (nSPS) is 20.5. The molecule has 0 saturated heterocycles. The first-order valence-corrected chi connectivity index (χ1v) is 10.6. The van der Waals surface area contributed by atoms with Crippen LogP contribution < -0.4 is 10.2 Å². The van der Waals surface area contributed by atoms with Gasteiger partial charge < -0.3 is 15.1 Å². The van der Waals surface area contributed by atoms with E-state index in [1.807, 2.05) is 25.1 Å². The van der Waals surface area contributed by atoms with Crippen molar-refractivity contribution in [3.63, 3.8) is 0 Å². The number of thioether (sulfide) groups is 1. The second kappa shape index (κ2) is 8.16. The van der Waals surface area contributed by atoms with Gasteiger partial charge in [-0.25, -0.2) is 0 Å². The van der Waals surface area contributed by atoms with Crippen LogP contribution in [0.4, 0.5) is 5.69 Å². The Hall–Kier alpha value is -2.39. The van der Waals surface area contributed by atoms with E-state index in [2.05, 4.69) is 29.2 Å². The topological polar surface area (TPSA) is 85.3 Å². The quantitative estimate of drug-likeness (QED) is 0.790. The lowest BCUT2D eigenvalue weighted by molar-refractivity contribution is -0.139. The molecule has 9 heteroatoms. The predicted octanol–water partition coefficient (Wildman–Crippen LogP) is 1.84. The number of amidine groups is 1. The summed E-state index contributed by atoms with van der Waals surface area (Å²) in [5.74, 6) is -0.871. The van der Waals surface area contributed by atoms with E-state index in [0.29, 0.717) is 6.54 Å². The van der Waals surface area contributed by atoms with Crippen molar-refractivity contribution in [1.82, 2.24) is 15.2 Å². The van der Waals surface area contributed by atoms with Gasteiger partial charge in [0.25, 0.3) is 5.91 Å². The highest BCUT2D eigenvalue weighted by molar-refractivity contribution is 8.15. The zero-order chi connectivity index (χ0) is 21.3. The van der Waals surface area contributed by atoms with Gasteiger partial charge in [0, 0.05) is 32.5 Å². The molecule has 2 heterocycles. The van der Waals surface area contributed by atoms with Gasteiger partial charge in [-0.1, -0.05) is 31.5 Å². The van der Waals surface area contributed by atoms with Gasteiger partial charge >= 0.3 is 0 Å². The van der Waals surface area contributed by atoms with Crippen molar-refractivity contribution < 1.29 is 14.4 Å². The van der Waals surface area contributed by atoms with Gasteiger partial charge in [0.15, 0.2) is 5.17 Å². The molecule has 2 aliphatic rings. The molecule has 1 N–H and O–H groups in total. The molecule has 0 aromatic heterocycles. The number of fused-ring (bicyclic) bond motifs is 2. The van der Waals surface area contributed by atoms with Gasteiger partial charge in [0.2, 0.25) is 16.7 Å². The highest BCUT2D eigenvalue weighted by Gasteiger charge is 2.61. The maximum absolute atomic E-state index is 13.7. The van der Waals surface area contributed by atoms with E-state index in [0.717, 1.165) is 48.2 Å². The van der Waals surface area contributed by atoms with Crippen LogP contribution >= 0.6 is 11.8 Å². The second-order valence-corrected chi connectivity index (χ2v) is 8.35. The maximum Gasteiger partial charge on any atom is 0.270 e. The summed E-state index contributed by atoms with van der Waals surface area (Å²) in [6.07, 6.45) is 0. The van der Waals surface area contributed by atoms with Crippen LogP contribution in [0, 0.1) is 6.92 Å². The number of rotatable bonds is 5. The number of carbonyl (C=O) groups is 3. The zero-order valence-electron chi connectivity index (χ0n) is 17.5. The molecule has 0 radical (unpaired) electrons. The molecule has 8 nitrogen and oxygen atoms in total. The Balaban J connectivity index is 2.05. The number of nitrogens with one attached hydrogen (secondary N) is 1. The lowest BCUT2D eigenvalue weighted by atomic mass is 10.0. The largest absolute Gasteiger partial charge is 0.308 e. The number of likely N-dealkylation sites (N-methyl/N-ethyl adjacent to an activating group) is 1. The lowest BCUT2D eigenvalue weighted by Gasteiger charge is -2.30. The Labute approximate surface area is 175 Å². The summed E-state index contributed by atoms with van der Waals surface area (Å²) in [5, 5.41) is 8.36. The standard InChI is InChI=1S/C20H27N5O3S/c1-6-23(7-2)10-11-24-17-9-8-13(3)12-16(17)20(18(24)28)25(15(5)27)22-19(29-20)21-14(4)26/h8-9,12H,6-7,10-11H2,1-5H3,(H,21,22,26)/t20-/m0/s1. The molecule has 0 unspecified atom stereocenters. The van der Waals surface area contributed by atoms with E-state index >= 15 is 0 Å². The van der Waals surface area contributed by atoms with Gasteiger partial charge in [-0.15, -0.1) is 5.10 Å². The van der Waals surface area contributed by atoms with Crippen LogP contribution in [-0.4, -0.2) is 59.0 Å². The number of hydrogen-bond donors (Lipinski definition) is 1. The summed E-state index contributed by atoms with van der Waals surface area (Å²) in [4.78, 5) is 40.4. The van der Waals surface area contributed by atoms with Gasteiger partial charge in [-0.05, 0) is 37.8 Å². The fourth-order valence-electron chi connectivity index (χ4n) is 3.73. The average molecular weight is 418 g/mol. The van der Waals surface area contributed by atoms with Crippen LogP contribution in [-0.2, 0) is 19.3 Å². The number of carbonyl (C=O) groups excluding carboxylic acids is 3. The Morgan fingerprint density at radius 2 is 1.93 bits per heavy atom. The number of nitrogens with zero attached hydrogens (tertiary/aromatic N) is 4. The van der Waals surface area contributed by atoms with Gasteiger partial charge in [0.1, 0.15) is 0 Å². The molecule has 2 aliphatic heterocycles. The van der Waals surface area contributed by atoms with Crippen LogP contribution in [0.3, 0.4) is 0 Å². The summed E-state index contributed by atoms with van der Waals surface area (Å²) >= 11 is 1.11. The first kappa shape index (κ1) is 21.3.